The van der Waals surface area contributed by atoms with Crippen LogP contribution in [0.25, 0.3) is 0 Å². The van der Waals surface area contributed by atoms with E-state index in [1.807, 2.05) is 30.8 Å². The first-order valence-corrected chi connectivity index (χ1v) is 6.40. The van der Waals surface area contributed by atoms with E-state index >= 15 is 0 Å². The summed E-state index contributed by atoms with van der Waals surface area (Å²) in [7, 11) is 3.66. The Balaban J connectivity index is 2.14. The van der Waals surface area contributed by atoms with Crippen LogP contribution in [0.2, 0.25) is 0 Å². The van der Waals surface area contributed by atoms with E-state index in [2.05, 4.69) is 30.3 Å². The summed E-state index contributed by atoms with van der Waals surface area (Å²) in [5.41, 5.74) is 5.86. The quantitative estimate of drug-likeness (QED) is 0.917. The van der Waals surface area contributed by atoms with Crippen LogP contribution in [0, 0.1) is 20.8 Å². The van der Waals surface area contributed by atoms with Crippen LogP contribution in [0.15, 0.2) is 18.2 Å². The fraction of sp³-hybridized carbons (Fsp3) is 0.400. The van der Waals surface area contributed by atoms with Crippen molar-refractivity contribution in [2.24, 2.45) is 7.05 Å². The highest BCUT2D eigenvalue weighted by molar-refractivity contribution is 5.54. The number of hydrogen-bond acceptors (Lipinski definition) is 3. The number of methoxy groups -OCH3 is 1. The molecule has 2 rings (SSSR count). The number of nitrogens with zero attached hydrogens (tertiary/aromatic N) is 2. The third-order valence-electron chi connectivity index (χ3n) is 3.55. The molecule has 102 valence electrons. The smallest absolute Gasteiger partial charge is 0.119 e. The molecule has 4 heteroatoms. The Morgan fingerprint density at radius 1 is 1.26 bits per heavy atom. The van der Waals surface area contributed by atoms with Gasteiger partial charge >= 0.3 is 0 Å². The first-order chi connectivity index (χ1) is 9.02. The molecule has 0 radical (unpaired) electrons. The lowest BCUT2D eigenvalue weighted by Gasteiger charge is -2.11. The summed E-state index contributed by atoms with van der Waals surface area (Å²) in [4.78, 5) is 0. The van der Waals surface area contributed by atoms with Crippen molar-refractivity contribution in [3.63, 3.8) is 0 Å². The SMILES string of the molecule is COc1ccc(NCc2c(C)nn(C)c2C)c(C)c1. The van der Waals surface area contributed by atoms with Crippen LogP contribution in [0.3, 0.4) is 0 Å². The largest absolute Gasteiger partial charge is 0.497 e. The minimum atomic E-state index is 0.790. The third-order valence-corrected chi connectivity index (χ3v) is 3.55. The molecule has 0 saturated heterocycles. The van der Waals surface area contributed by atoms with Crippen molar-refractivity contribution in [1.82, 2.24) is 9.78 Å². The van der Waals surface area contributed by atoms with Gasteiger partial charge in [0, 0.05) is 30.5 Å². The van der Waals surface area contributed by atoms with E-state index in [0.717, 1.165) is 23.7 Å². The zero-order chi connectivity index (χ0) is 14.0. The van der Waals surface area contributed by atoms with Crippen LogP contribution in [0.5, 0.6) is 5.75 Å². The van der Waals surface area contributed by atoms with Gasteiger partial charge in [-0.05, 0) is 44.5 Å². The molecule has 0 fully saturated rings. The second-order valence-corrected chi connectivity index (χ2v) is 4.81. The third kappa shape index (κ3) is 2.72. The summed E-state index contributed by atoms with van der Waals surface area (Å²) < 4.78 is 7.14. The summed E-state index contributed by atoms with van der Waals surface area (Å²) >= 11 is 0. The van der Waals surface area contributed by atoms with Gasteiger partial charge in [-0.25, -0.2) is 0 Å². The number of hydrogen-bond donors (Lipinski definition) is 1. The molecule has 0 spiro atoms. The van der Waals surface area contributed by atoms with Crippen LogP contribution >= 0.6 is 0 Å². The van der Waals surface area contributed by atoms with Crippen molar-refractivity contribution in [1.29, 1.82) is 0 Å². The Morgan fingerprint density at radius 3 is 2.53 bits per heavy atom. The van der Waals surface area contributed by atoms with Gasteiger partial charge in [0.25, 0.3) is 0 Å². The van der Waals surface area contributed by atoms with Gasteiger partial charge < -0.3 is 10.1 Å². The lowest BCUT2D eigenvalue weighted by Crippen LogP contribution is -2.03. The van der Waals surface area contributed by atoms with Crippen molar-refractivity contribution in [2.75, 3.05) is 12.4 Å². The summed E-state index contributed by atoms with van der Waals surface area (Å²) in [6.45, 7) is 7.01. The highest BCUT2D eigenvalue weighted by atomic mass is 16.5. The van der Waals surface area contributed by atoms with Gasteiger partial charge in [0.15, 0.2) is 0 Å². The number of rotatable bonds is 4. The Morgan fingerprint density at radius 2 is 2.00 bits per heavy atom. The first kappa shape index (κ1) is 13.5. The van der Waals surface area contributed by atoms with Gasteiger partial charge in [0.05, 0.1) is 12.8 Å². The number of ether oxygens (including phenoxy) is 1. The zero-order valence-electron chi connectivity index (χ0n) is 12.2. The van der Waals surface area contributed by atoms with E-state index in [1.54, 1.807) is 7.11 Å². The Labute approximate surface area is 114 Å². The molecule has 1 aromatic heterocycles. The Bertz CT molecular complexity index is 587. The molecule has 0 aliphatic heterocycles. The molecule has 1 heterocycles. The molecule has 0 aliphatic rings. The average molecular weight is 259 g/mol. The fourth-order valence-corrected chi connectivity index (χ4v) is 2.22. The molecule has 0 saturated carbocycles. The molecule has 0 atom stereocenters. The minimum absolute atomic E-state index is 0.790. The lowest BCUT2D eigenvalue weighted by atomic mass is 10.1. The molecule has 2 aromatic rings. The molecule has 0 bridgehead atoms. The van der Waals surface area contributed by atoms with Crippen molar-refractivity contribution in [3.05, 3.63) is 40.7 Å². The standard InChI is InChI=1S/C15H21N3O/c1-10-8-13(19-5)6-7-15(10)16-9-14-11(2)17-18(4)12(14)3/h6-8,16H,9H2,1-5H3. The number of nitrogens with one attached hydrogen (secondary N) is 1. The van der Waals surface area contributed by atoms with Gasteiger partial charge in [-0.2, -0.15) is 5.10 Å². The zero-order valence-corrected chi connectivity index (χ0v) is 12.2. The molecular weight excluding hydrogens is 238 g/mol. The van der Waals surface area contributed by atoms with Crippen molar-refractivity contribution in [2.45, 2.75) is 27.3 Å². The Hall–Kier alpha value is -1.97. The van der Waals surface area contributed by atoms with Gasteiger partial charge in [-0.15, -0.1) is 0 Å². The maximum absolute atomic E-state index is 5.21. The topological polar surface area (TPSA) is 39.1 Å². The van der Waals surface area contributed by atoms with E-state index in [1.165, 1.54) is 16.8 Å². The van der Waals surface area contributed by atoms with Gasteiger partial charge in [-0.1, -0.05) is 0 Å². The monoisotopic (exact) mass is 259 g/mol. The van der Waals surface area contributed by atoms with Crippen molar-refractivity contribution < 1.29 is 4.74 Å². The predicted molar refractivity (Wildman–Crippen MR) is 77.7 cm³/mol. The van der Waals surface area contributed by atoms with Gasteiger partial charge in [0.2, 0.25) is 0 Å². The van der Waals surface area contributed by atoms with E-state index in [0.29, 0.717) is 0 Å². The van der Waals surface area contributed by atoms with Crippen molar-refractivity contribution >= 4 is 5.69 Å². The highest BCUT2D eigenvalue weighted by Gasteiger charge is 2.09. The summed E-state index contributed by atoms with van der Waals surface area (Å²) in [5.74, 6) is 0.886. The molecule has 0 aliphatic carbocycles. The lowest BCUT2D eigenvalue weighted by molar-refractivity contribution is 0.414. The molecule has 19 heavy (non-hydrogen) atoms. The molecule has 1 N–H and O–H groups in total. The summed E-state index contributed by atoms with van der Waals surface area (Å²) in [6, 6.07) is 6.05. The molecule has 1 aromatic carbocycles. The fourth-order valence-electron chi connectivity index (χ4n) is 2.22. The van der Waals surface area contributed by atoms with E-state index < -0.39 is 0 Å². The van der Waals surface area contributed by atoms with Crippen LogP contribution in [-0.2, 0) is 13.6 Å². The maximum Gasteiger partial charge on any atom is 0.119 e. The summed E-state index contributed by atoms with van der Waals surface area (Å²) in [6.07, 6.45) is 0. The van der Waals surface area contributed by atoms with Crippen LogP contribution in [0.1, 0.15) is 22.5 Å². The van der Waals surface area contributed by atoms with Crippen LogP contribution in [0.4, 0.5) is 5.69 Å². The second kappa shape index (κ2) is 5.34. The number of benzene rings is 1. The van der Waals surface area contributed by atoms with Crippen LogP contribution < -0.4 is 10.1 Å². The highest BCUT2D eigenvalue weighted by Crippen LogP contribution is 2.22. The normalized spacial score (nSPS) is 10.6. The summed E-state index contributed by atoms with van der Waals surface area (Å²) in [5, 5.41) is 7.90. The molecule has 4 nitrogen and oxygen atoms in total. The van der Waals surface area contributed by atoms with Crippen molar-refractivity contribution in [3.8, 4) is 5.75 Å². The molecule has 0 unspecified atom stereocenters. The maximum atomic E-state index is 5.21. The number of aromatic nitrogens is 2. The van der Waals surface area contributed by atoms with E-state index in [4.69, 9.17) is 4.74 Å². The number of aryl methyl sites for hydroxylation is 3. The minimum Gasteiger partial charge on any atom is -0.497 e. The van der Waals surface area contributed by atoms with E-state index in [-0.39, 0.29) is 0 Å². The molecular formula is C15H21N3O. The van der Waals surface area contributed by atoms with Gasteiger partial charge in [0.1, 0.15) is 5.75 Å². The predicted octanol–water partition coefficient (Wildman–Crippen LogP) is 2.97. The average Bonchev–Trinajstić information content (AvgIpc) is 2.62. The van der Waals surface area contributed by atoms with Gasteiger partial charge in [-0.3, -0.25) is 4.68 Å². The first-order valence-electron chi connectivity index (χ1n) is 6.40. The second-order valence-electron chi connectivity index (χ2n) is 4.81. The Kier molecular flexibility index (Phi) is 3.79. The molecule has 0 amide bonds. The van der Waals surface area contributed by atoms with E-state index in [9.17, 15) is 0 Å². The van der Waals surface area contributed by atoms with Crippen LogP contribution in [-0.4, -0.2) is 16.9 Å². The number of anilines is 1.